The van der Waals surface area contributed by atoms with Crippen molar-refractivity contribution in [1.29, 1.82) is 0 Å². The first-order valence-corrected chi connectivity index (χ1v) is 5.08. The quantitative estimate of drug-likeness (QED) is 0.551. The molecule has 0 nitrogen and oxygen atoms in total. The molecule has 0 aliphatic heterocycles. The summed E-state index contributed by atoms with van der Waals surface area (Å²) in [5, 5.41) is 0. The van der Waals surface area contributed by atoms with E-state index in [0.29, 0.717) is 4.47 Å². The van der Waals surface area contributed by atoms with Gasteiger partial charge < -0.3 is 0 Å². The maximum Gasteiger partial charge on any atom is 0.137 e. The van der Waals surface area contributed by atoms with Crippen molar-refractivity contribution in [3.63, 3.8) is 0 Å². The molecule has 0 aliphatic carbocycles. The number of halogens is 2. The van der Waals surface area contributed by atoms with E-state index < -0.39 is 0 Å². The molecule has 0 saturated carbocycles. The third-order valence-electron chi connectivity index (χ3n) is 1.86. The van der Waals surface area contributed by atoms with E-state index in [-0.39, 0.29) is 5.82 Å². The number of hydrogen-bond acceptors (Lipinski definition) is 0. The lowest BCUT2D eigenvalue weighted by atomic mass is 10.1. The van der Waals surface area contributed by atoms with Gasteiger partial charge in [0, 0.05) is 0 Å². The first kappa shape index (κ1) is 10.5. The average Bonchev–Trinajstić information content (AvgIpc) is 2.12. The number of aryl methyl sites for hydroxylation is 1. The van der Waals surface area contributed by atoms with E-state index in [1.807, 2.05) is 12.1 Å². The first-order chi connectivity index (χ1) is 6.24. The Morgan fingerprint density at radius 2 is 2.23 bits per heavy atom. The monoisotopic (exact) mass is 242 g/mol. The molecule has 2 heteroatoms. The van der Waals surface area contributed by atoms with Crippen molar-refractivity contribution in [3.8, 4) is 0 Å². The summed E-state index contributed by atoms with van der Waals surface area (Å²) in [6.45, 7) is 3.64. The maximum absolute atomic E-state index is 13.0. The highest BCUT2D eigenvalue weighted by Crippen LogP contribution is 2.17. The molecule has 13 heavy (non-hydrogen) atoms. The van der Waals surface area contributed by atoms with E-state index in [2.05, 4.69) is 22.5 Å². The normalized spacial score (nSPS) is 10.0. The standard InChI is InChI=1S/C11H12BrF/c1-2-3-4-5-9-6-7-10(12)11(13)8-9/h2,6-8H,1,3-5H2. The van der Waals surface area contributed by atoms with Crippen molar-refractivity contribution in [2.24, 2.45) is 0 Å². The van der Waals surface area contributed by atoms with E-state index in [1.54, 1.807) is 12.1 Å². The highest BCUT2D eigenvalue weighted by Gasteiger charge is 1.99. The number of hydrogen-bond donors (Lipinski definition) is 0. The highest BCUT2D eigenvalue weighted by molar-refractivity contribution is 9.10. The minimum Gasteiger partial charge on any atom is -0.206 e. The van der Waals surface area contributed by atoms with Crippen LogP contribution in [0.15, 0.2) is 35.3 Å². The zero-order valence-electron chi connectivity index (χ0n) is 7.39. The van der Waals surface area contributed by atoms with E-state index in [4.69, 9.17) is 0 Å². The van der Waals surface area contributed by atoms with E-state index in [9.17, 15) is 4.39 Å². The van der Waals surface area contributed by atoms with Crippen LogP contribution >= 0.6 is 15.9 Å². The summed E-state index contributed by atoms with van der Waals surface area (Å²) in [7, 11) is 0. The van der Waals surface area contributed by atoms with E-state index >= 15 is 0 Å². The molecule has 0 heterocycles. The average molecular weight is 243 g/mol. The van der Waals surface area contributed by atoms with E-state index in [0.717, 1.165) is 24.8 Å². The van der Waals surface area contributed by atoms with Gasteiger partial charge in [0.2, 0.25) is 0 Å². The van der Waals surface area contributed by atoms with Gasteiger partial charge >= 0.3 is 0 Å². The Bertz CT molecular complexity index is 294. The zero-order valence-corrected chi connectivity index (χ0v) is 8.98. The Morgan fingerprint density at radius 3 is 2.85 bits per heavy atom. The minimum absolute atomic E-state index is 0.184. The topological polar surface area (TPSA) is 0 Å². The van der Waals surface area contributed by atoms with Crippen molar-refractivity contribution < 1.29 is 4.39 Å². The van der Waals surface area contributed by atoms with Gasteiger partial charge in [-0.25, -0.2) is 4.39 Å². The lowest BCUT2D eigenvalue weighted by molar-refractivity contribution is 0.618. The molecule has 0 fully saturated rings. The van der Waals surface area contributed by atoms with Crippen LogP contribution in [0.5, 0.6) is 0 Å². The second-order valence-corrected chi connectivity index (χ2v) is 3.78. The van der Waals surface area contributed by atoms with Gasteiger partial charge in [-0.1, -0.05) is 12.1 Å². The summed E-state index contributed by atoms with van der Waals surface area (Å²) < 4.78 is 13.5. The zero-order chi connectivity index (χ0) is 9.68. The predicted octanol–water partition coefficient (Wildman–Crippen LogP) is 4.10. The van der Waals surface area contributed by atoms with E-state index in [1.165, 1.54) is 0 Å². The van der Waals surface area contributed by atoms with Crippen LogP contribution in [0.25, 0.3) is 0 Å². The Labute approximate surface area is 86.6 Å². The molecule has 0 aliphatic rings. The van der Waals surface area contributed by atoms with Crippen LogP contribution < -0.4 is 0 Å². The summed E-state index contributed by atoms with van der Waals surface area (Å²) >= 11 is 3.12. The van der Waals surface area contributed by atoms with Gasteiger partial charge in [0.1, 0.15) is 5.82 Å². The molecule has 0 aromatic heterocycles. The van der Waals surface area contributed by atoms with Gasteiger partial charge in [-0.05, 0) is 52.9 Å². The van der Waals surface area contributed by atoms with Gasteiger partial charge in [-0.2, -0.15) is 0 Å². The molecule has 0 bridgehead atoms. The van der Waals surface area contributed by atoms with Crippen LogP contribution in [0.4, 0.5) is 4.39 Å². The summed E-state index contributed by atoms with van der Waals surface area (Å²) in [5.41, 5.74) is 1.04. The molecule has 0 unspecified atom stereocenters. The fourth-order valence-electron chi connectivity index (χ4n) is 1.15. The van der Waals surface area contributed by atoms with Crippen LogP contribution in [0.1, 0.15) is 18.4 Å². The maximum atomic E-state index is 13.0. The molecule has 0 radical (unpaired) electrons. The molecule has 1 rings (SSSR count). The van der Waals surface area contributed by atoms with Crippen LogP contribution in [0.3, 0.4) is 0 Å². The summed E-state index contributed by atoms with van der Waals surface area (Å²) in [4.78, 5) is 0. The van der Waals surface area contributed by atoms with Gasteiger partial charge in [0.15, 0.2) is 0 Å². The van der Waals surface area contributed by atoms with Crippen molar-refractivity contribution in [1.82, 2.24) is 0 Å². The molecule has 0 amide bonds. The number of unbranched alkanes of at least 4 members (excludes halogenated alkanes) is 1. The summed E-state index contributed by atoms with van der Waals surface area (Å²) in [6, 6.07) is 5.27. The van der Waals surface area contributed by atoms with Crippen molar-refractivity contribution in [3.05, 3.63) is 46.7 Å². The van der Waals surface area contributed by atoms with Gasteiger partial charge in [-0.15, -0.1) is 6.58 Å². The lowest BCUT2D eigenvalue weighted by Crippen LogP contribution is -1.86. The summed E-state index contributed by atoms with van der Waals surface area (Å²) in [5.74, 6) is -0.184. The fraction of sp³-hybridized carbons (Fsp3) is 0.273. The third kappa shape index (κ3) is 3.31. The summed E-state index contributed by atoms with van der Waals surface area (Å²) in [6.07, 6.45) is 4.81. The lowest BCUT2D eigenvalue weighted by Gasteiger charge is -2.00. The molecule has 0 N–H and O–H groups in total. The number of benzene rings is 1. The predicted molar refractivity (Wildman–Crippen MR) is 57.2 cm³/mol. The molecule has 1 aromatic carbocycles. The minimum atomic E-state index is -0.184. The molecule has 70 valence electrons. The van der Waals surface area contributed by atoms with Crippen LogP contribution in [-0.2, 0) is 6.42 Å². The van der Waals surface area contributed by atoms with Crippen LogP contribution in [-0.4, -0.2) is 0 Å². The molecular weight excluding hydrogens is 231 g/mol. The molecule has 1 aromatic rings. The van der Waals surface area contributed by atoms with Crippen LogP contribution in [0.2, 0.25) is 0 Å². The Hall–Kier alpha value is -0.630. The SMILES string of the molecule is C=CCCCc1ccc(Br)c(F)c1. The fourth-order valence-corrected chi connectivity index (χ4v) is 1.39. The Kier molecular flexibility index (Phi) is 4.16. The highest BCUT2D eigenvalue weighted by atomic mass is 79.9. The number of allylic oxidation sites excluding steroid dienone is 1. The van der Waals surface area contributed by atoms with Crippen molar-refractivity contribution in [2.45, 2.75) is 19.3 Å². The van der Waals surface area contributed by atoms with Crippen molar-refractivity contribution >= 4 is 15.9 Å². The van der Waals surface area contributed by atoms with Crippen LogP contribution in [0, 0.1) is 5.82 Å². The number of rotatable bonds is 4. The van der Waals surface area contributed by atoms with Gasteiger partial charge in [0.05, 0.1) is 4.47 Å². The third-order valence-corrected chi connectivity index (χ3v) is 2.50. The molecular formula is C11H12BrF. The van der Waals surface area contributed by atoms with Gasteiger partial charge in [0.25, 0.3) is 0 Å². The first-order valence-electron chi connectivity index (χ1n) is 4.29. The molecule has 0 atom stereocenters. The van der Waals surface area contributed by atoms with Crippen molar-refractivity contribution in [2.75, 3.05) is 0 Å². The Balaban J connectivity index is 2.57. The molecule has 0 saturated heterocycles. The molecule has 0 spiro atoms. The second kappa shape index (κ2) is 5.18. The second-order valence-electron chi connectivity index (χ2n) is 2.93. The Morgan fingerprint density at radius 1 is 1.46 bits per heavy atom. The largest absolute Gasteiger partial charge is 0.206 e. The smallest absolute Gasteiger partial charge is 0.137 e. The van der Waals surface area contributed by atoms with Gasteiger partial charge in [-0.3, -0.25) is 0 Å².